The lowest BCUT2D eigenvalue weighted by atomic mass is 10.1. The molecule has 0 spiro atoms. The van der Waals surface area contributed by atoms with E-state index < -0.39 is 11.5 Å². The number of nitrogens with one attached hydrogen (secondary N) is 2. The molecule has 1 aliphatic rings. The third-order valence-corrected chi connectivity index (χ3v) is 3.53. The maximum Gasteiger partial charge on any atom is 0.263 e. The molecule has 1 saturated carbocycles. The van der Waals surface area contributed by atoms with Crippen molar-refractivity contribution in [1.29, 1.82) is 0 Å². The van der Waals surface area contributed by atoms with Crippen molar-refractivity contribution >= 4 is 5.91 Å². The Bertz CT molecular complexity index is 760. The Hall–Kier alpha value is -2.51. The first-order valence-corrected chi connectivity index (χ1v) is 7.72. The van der Waals surface area contributed by atoms with Crippen LogP contribution in [0.1, 0.15) is 60.5 Å². The van der Waals surface area contributed by atoms with E-state index in [2.05, 4.69) is 39.3 Å². The van der Waals surface area contributed by atoms with Gasteiger partial charge in [0.25, 0.3) is 11.5 Å². The molecule has 0 atom stereocenters. The van der Waals surface area contributed by atoms with Crippen molar-refractivity contribution in [2.24, 2.45) is 5.92 Å². The van der Waals surface area contributed by atoms with Gasteiger partial charge in [-0.3, -0.25) is 9.59 Å². The van der Waals surface area contributed by atoms with Crippen LogP contribution in [0.5, 0.6) is 0 Å². The summed E-state index contributed by atoms with van der Waals surface area (Å²) < 4.78 is 5.06. The Labute approximate surface area is 132 Å². The number of carbonyl (C=O) groups is 1. The average molecular weight is 317 g/mol. The lowest BCUT2D eigenvalue weighted by molar-refractivity contribution is 0.0944. The van der Waals surface area contributed by atoms with E-state index in [1.54, 1.807) is 0 Å². The predicted octanol–water partition coefficient (Wildman–Crippen LogP) is 1.16. The van der Waals surface area contributed by atoms with Crippen LogP contribution in [0.15, 0.2) is 15.5 Å². The van der Waals surface area contributed by atoms with Gasteiger partial charge in [-0.2, -0.15) is 4.98 Å². The van der Waals surface area contributed by atoms with E-state index in [9.17, 15) is 9.59 Å². The molecule has 1 aliphatic carbocycles. The van der Waals surface area contributed by atoms with Gasteiger partial charge in [0, 0.05) is 18.5 Å². The van der Waals surface area contributed by atoms with Crippen LogP contribution in [0.2, 0.25) is 0 Å². The van der Waals surface area contributed by atoms with E-state index >= 15 is 0 Å². The topological polar surface area (TPSA) is 114 Å². The Morgan fingerprint density at radius 2 is 2.26 bits per heavy atom. The molecule has 0 bridgehead atoms. The molecule has 2 aromatic heterocycles. The highest BCUT2D eigenvalue weighted by molar-refractivity contribution is 5.93. The zero-order valence-corrected chi connectivity index (χ0v) is 13.1. The van der Waals surface area contributed by atoms with Crippen molar-refractivity contribution in [3.63, 3.8) is 0 Å². The highest BCUT2D eigenvalue weighted by Crippen LogP contribution is 2.37. The molecule has 2 heterocycles. The molecule has 8 nitrogen and oxygen atoms in total. The number of rotatable bonds is 6. The van der Waals surface area contributed by atoms with Crippen molar-refractivity contribution in [3.05, 3.63) is 39.7 Å². The molecule has 0 aromatic carbocycles. The summed E-state index contributed by atoms with van der Waals surface area (Å²) in [6.07, 6.45) is 4.10. The van der Waals surface area contributed by atoms with Gasteiger partial charge in [0.2, 0.25) is 5.89 Å². The molecule has 0 unspecified atom stereocenters. The average Bonchev–Trinajstić information content (AvgIpc) is 3.26. The monoisotopic (exact) mass is 317 g/mol. The molecule has 0 aliphatic heterocycles. The number of aromatic amines is 1. The van der Waals surface area contributed by atoms with Crippen LogP contribution in [-0.2, 0) is 13.0 Å². The quantitative estimate of drug-likeness (QED) is 0.826. The Kier molecular flexibility index (Phi) is 4.22. The number of carbonyl (C=O) groups excluding carboxylic acids is 1. The maximum absolute atomic E-state index is 12.1. The molecule has 1 amide bonds. The normalized spacial score (nSPS) is 14.2. The number of amides is 1. The molecule has 0 saturated heterocycles. The lowest BCUT2D eigenvalue weighted by Gasteiger charge is -2.02. The molecular weight excluding hydrogens is 298 g/mol. The summed E-state index contributed by atoms with van der Waals surface area (Å²) in [6.45, 7) is 4.19. The Morgan fingerprint density at radius 1 is 1.48 bits per heavy atom. The number of hydrogen-bond donors (Lipinski definition) is 2. The van der Waals surface area contributed by atoms with Crippen molar-refractivity contribution in [3.8, 4) is 0 Å². The first-order chi connectivity index (χ1) is 11.0. The van der Waals surface area contributed by atoms with Crippen LogP contribution in [-0.4, -0.2) is 26.0 Å². The summed E-state index contributed by atoms with van der Waals surface area (Å²) in [7, 11) is 0. The molecule has 1 fully saturated rings. The lowest BCUT2D eigenvalue weighted by Crippen LogP contribution is -2.30. The molecule has 2 aromatic rings. The number of H-pyrrole nitrogens is 1. The molecular formula is C15H19N5O3. The fraction of sp³-hybridized carbons (Fsp3) is 0.533. The van der Waals surface area contributed by atoms with Crippen molar-refractivity contribution in [2.45, 2.75) is 45.6 Å². The minimum Gasteiger partial charge on any atom is -0.343 e. The van der Waals surface area contributed by atoms with Crippen molar-refractivity contribution in [2.75, 3.05) is 0 Å². The molecule has 2 N–H and O–H groups in total. The first kappa shape index (κ1) is 15.4. The zero-order valence-electron chi connectivity index (χ0n) is 13.1. The van der Waals surface area contributed by atoms with Crippen molar-refractivity contribution < 1.29 is 9.32 Å². The van der Waals surface area contributed by atoms with Gasteiger partial charge in [-0.25, -0.2) is 4.98 Å². The fourth-order valence-electron chi connectivity index (χ4n) is 2.20. The Morgan fingerprint density at radius 3 is 2.91 bits per heavy atom. The number of aromatic nitrogens is 4. The van der Waals surface area contributed by atoms with Gasteiger partial charge in [0.15, 0.2) is 5.82 Å². The maximum atomic E-state index is 12.1. The van der Waals surface area contributed by atoms with Gasteiger partial charge in [0.1, 0.15) is 11.4 Å². The van der Waals surface area contributed by atoms with Crippen LogP contribution in [0.4, 0.5) is 0 Å². The summed E-state index contributed by atoms with van der Waals surface area (Å²) in [5.74, 6) is 1.82. The van der Waals surface area contributed by atoms with E-state index in [-0.39, 0.29) is 12.1 Å². The summed E-state index contributed by atoms with van der Waals surface area (Å²) in [4.78, 5) is 35.0. The van der Waals surface area contributed by atoms with Gasteiger partial charge in [-0.1, -0.05) is 19.0 Å². The van der Waals surface area contributed by atoms with Crippen molar-refractivity contribution in [1.82, 2.24) is 25.4 Å². The van der Waals surface area contributed by atoms with Gasteiger partial charge in [0.05, 0.1) is 6.54 Å². The standard InChI is InChI=1S/C15H19N5O3/c1-8(2)5-11-18-12(23-20-11)7-17-14(21)10-6-16-13(9-3-4-9)19-15(10)22/h6,8-9H,3-5,7H2,1-2H3,(H,17,21)(H,16,19,22). The highest BCUT2D eigenvalue weighted by atomic mass is 16.5. The zero-order chi connectivity index (χ0) is 16.4. The second kappa shape index (κ2) is 6.31. The van der Waals surface area contributed by atoms with E-state index in [1.807, 2.05) is 0 Å². The third kappa shape index (κ3) is 3.82. The van der Waals surface area contributed by atoms with E-state index in [4.69, 9.17) is 4.52 Å². The summed E-state index contributed by atoms with van der Waals surface area (Å²) >= 11 is 0. The summed E-state index contributed by atoms with van der Waals surface area (Å²) in [5, 5.41) is 6.44. The fourth-order valence-corrected chi connectivity index (χ4v) is 2.20. The Balaban J connectivity index is 1.60. The molecule has 3 rings (SSSR count). The summed E-state index contributed by atoms with van der Waals surface area (Å²) in [5.41, 5.74) is -0.443. The largest absolute Gasteiger partial charge is 0.343 e. The van der Waals surface area contributed by atoms with Crippen LogP contribution in [0.3, 0.4) is 0 Å². The van der Waals surface area contributed by atoms with Crippen LogP contribution in [0, 0.1) is 5.92 Å². The minimum absolute atomic E-state index is 0.0173. The highest BCUT2D eigenvalue weighted by Gasteiger charge is 2.26. The molecule has 0 radical (unpaired) electrons. The van der Waals surface area contributed by atoms with E-state index in [1.165, 1.54) is 6.20 Å². The SMILES string of the molecule is CC(C)Cc1noc(CNC(=O)c2cnc(C3CC3)[nH]c2=O)n1. The second-order valence-electron chi connectivity index (χ2n) is 6.17. The van der Waals surface area contributed by atoms with Crippen LogP contribution < -0.4 is 10.9 Å². The predicted molar refractivity (Wildman–Crippen MR) is 80.8 cm³/mol. The molecule has 8 heteroatoms. The first-order valence-electron chi connectivity index (χ1n) is 7.72. The minimum atomic E-state index is -0.510. The number of nitrogens with zero attached hydrogens (tertiary/aromatic N) is 3. The number of hydrogen-bond acceptors (Lipinski definition) is 6. The molecule has 23 heavy (non-hydrogen) atoms. The molecule has 122 valence electrons. The third-order valence-electron chi connectivity index (χ3n) is 3.53. The smallest absolute Gasteiger partial charge is 0.263 e. The van der Waals surface area contributed by atoms with Gasteiger partial charge in [-0.15, -0.1) is 0 Å². The van der Waals surface area contributed by atoms with Crippen LogP contribution in [0.25, 0.3) is 0 Å². The van der Waals surface area contributed by atoms with E-state index in [0.717, 1.165) is 12.8 Å². The summed E-state index contributed by atoms with van der Waals surface area (Å²) in [6, 6.07) is 0. The van der Waals surface area contributed by atoms with Gasteiger partial charge < -0.3 is 14.8 Å². The van der Waals surface area contributed by atoms with Crippen LogP contribution >= 0.6 is 0 Å². The van der Waals surface area contributed by atoms with Gasteiger partial charge in [-0.05, 0) is 18.8 Å². The van der Waals surface area contributed by atoms with E-state index in [0.29, 0.717) is 35.8 Å². The second-order valence-corrected chi connectivity index (χ2v) is 6.17. The van der Waals surface area contributed by atoms with Gasteiger partial charge >= 0.3 is 0 Å².